The minimum Gasteiger partial charge on any atom is -0.335 e. The topological polar surface area (TPSA) is 89.1 Å². The van der Waals surface area contributed by atoms with E-state index in [0.29, 0.717) is 17.9 Å². The Balaban J connectivity index is 1.38. The van der Waals surface area contributed by atoms with Crippen LogP contribution >= 0.6 is 0 Å². The maximum atomic E-state index is 13.6. The van der Waals surface area contributed by atoms with Crippen molar-refractivity contribution >= 4 is 6.01 Å². The molecule has 2 aromatic heterocycles. The van der Waals surface area contributed by atoms with Crippen molar-refractivity contribution in [1.82, 2.24) is 24.8 Å². The van der Waals surface area contributed by atoms with E-state index in [-0.39, 0.29) is 29.3 Å². The summed E-state index contributed by atoms with van der Waals surface area (Å²) in [4.78, 5) is 19.0. The van der Waals surface area contributed by atoms with Crippen LogP contribution in [0.3, 0.4) is 0 Å². The molecule has 1 aliphatic rings. The molecule has 1 N–H and O–H groups in total. The van der Waals surface area contributed by atoms with Crippen molar-refractivity contribution in [1.29, 1.82) is 0 Å². The number of rotatable bonds is 8. The Morgan fingerprint density at radius 2 is 1.92 bits per heavy atom. The fourth-order valence-electron chi connectivity index (χ4n) is 3.99. The van der Waals surface area contributed by atoms with E-state index < -0.39 is 17.5 Å². The molecule has 3 aromatic rings. The minimum absolute atomic E-state index is 0.0327. The average Bonchev–Trinajstić information content (AvgIpc) is 3.33. The molecule has 1 aliphatic heterocycles. The van der Waals surface area contributed by atoms with E-state index in [1.807, 2.05) is 32.1 Å². The van der Waals surface area contributed by atoms with Gasteiger partial charge in [0.2, 0.25) is 0 Å². The van der Waals surface area contributed by atoms with Crippen LogP contribution in [0.2, 0.25) is 0 Å². The van der Waals surface area contributed by atoms with Gasteiger partial charge in [0.05, 0.1) is 12.2 Å². The van der Waals surface area contributed by atoms with Gasteiger partial charge in [-0.05, 0) is 58.1 Å². The van der Waals surface area contributed by atoms with Crippen LogP contribution in [0, 0.1) is 17.5 Å². The summed E-state index contributed by atoms with van der Waals surface area (Å²) in [7, 11) is 2.11. The Kier molecular flexibility index (Phi) is 8.22. The van der Waals surface area contributed by atoms with Crippen LogP contribution < -0.4 is 10.9 Å². The quantitative estimate of drug-likeness (QED) is 0.349. The summed E-state index contributed by atoms with van der Waals surface area (Å²) in [5.41, 5.74) is 0.610. The molecule has 1 saturated heterocycles. The second-order valence-electron chi connectivity index (χ2n) is 9.33. The van der Waals surface area contributed by atoms with Gasteiger partial charge in [0.15, 0.2) is 23.3 Å². The van der Waals surface area contributed by atoms with Crippen LogP contribution in [0.4, 0.5) is 19.2 Å². The van der Waals surface area contributed by atoms with Crippen molar-refractivity contribution < 1.29 is 17.7 Å². The molecule has 3 heterocycles. The van der Waals surface area contributed by atoms with Gasteiger partial charge in [-0.25, -0.2) is 17.9 Å². The van der Waals surface area contributed by atoms with Gasteiger partial charge >= 0.3 is 6.01 Å². The van der Waals surface area contributed by atoms with Gasteiger partial charge in [-0.1, -0.05) is 35.9 Å². The smallest absolute Gasteiger partial charge is 0.321 e. The van der Waals surface area contributed by atoms with E-state index in [1.54, 1.807) is 0 Å². The molecule has 8 nitrogen and oxygen atoms in total. The SMILES string of the molecule is C/C(=C\C=C/C(C)c1noc(NC2CCN(C)CC2)n1)Cn1nc(-c2cc(F)c(F)c(F)c2)ccc1=O. The second-order valence-corrected chi connectivity index (χ2v) is 9.33. The summed E-state index contributed by atoms with van der Waals surface area (Å²) in [6, 6.07) is 5.01. The Hall–Kier alpha value is -3.73. The zero-order valence-electron chi connectivity index (χ0n) is 20.9. The number of aromatic nitrogens is 4. The van der Waals surface area contributed by atoms with Crippen molar-refractivity contribution in [2.24, 2.45) is 0 Å². The molecular weight excluding hydrogens is 485 g/mol. The van der Waals surface area contributed by atoms with Gasteiger partial charge in [0.1, 0.15) is 0 Å². The third kappa shape index (κ3) is 6.73. The second kappa shape index (κ2) is 11.5. The Labute approximate surface area is 212 Å². The standard InChI is InChI=1S/C26H29F3N6O2/c1-16(15-35-23(36)8-7-22(32-35)18-13-20(27)24(29)21(28)14-18)5-4-6-17(2)25-31-26(37-33-25)30-19-9-11-34(3)12-10-19/h4-8,13-14,17,19H,9-12,15H2,1-3H3,(H,30,31,33)/b6-4-,16-5+. The molecule has 4 rings (SSSR count). The molecule has 11 heteroatoms. The Bertz CT molecular complexity index is 1340. The summed E-state index contributed by atoms with van der Waals surface area (Å²) in [6.45, 7) is 5.98. The summed E-state index contributed by atoms with van der Waals surface area (Å²) in [6.07, 6.45) is 7.61. The van der Waals surface area contributed by atoms with Crippen LogP contribution in [0.5, 0.6) is 0 Å². The number of allylic oxidation sites excluding steroid dienone is 4. The van der Waals surface area contributed by atoms with Crippen molar-refractivity contribution in [3.63, 3.8) is 0 Å². The highest BCUT2D eigenvalue weighted by Crippen LogP contribution is 2.22. The number of hydrogen-bond donors (Lipinski definition) is 1. The first-order valence-corrected chi connectivity index (χ1v) is 12.1. The Morgan fingerprint density at radius 3 is 2.62 bits per heavy atom. The highest BCUT2D eigenvalue weighted by atomic mass is 19.2. The molecule has 1 fully saturated rings. The molecule has 0 aliphatic carbocycles. The lowest BCUT2D eigenvalue weighted by Crippen LogP contribution is -2.36. The third-order valence-electron chi connectivity index (χ3n) is 6.22. The molecule has 37 heavy (non-hydrogen) atoms. The lowest BCUT2D eigenvalue weighted by atomic mass is 10.1. The van der Waals surface area contributed by atoms with E-state index in [0.717, 1.165) is 43.6 Å². The molecule has 1 aromatic carbocycles. The molecular formula is C26H29F3N6O2. The maximum Gasteiger partial charge on any atom is 0.321 e. The molecule has 0 amide bonds. The molecule has 0 spiro atoms. The number of likely N-dealkylation sites (tertiary alicyclic amines) is 1. The van der Waals surface area contributed by atoms with Crippen LogP contribution in [0.1, 0.15) is 38.4 Å². The van der Waals surface area contributed by atoms with E-state index in [2.05, 4.69) is 32.5 Å². The number of benzene rings is 1. The number of nitrogens with zero attached hydrogens (tertiary/aromatic N) is 5. The normalized spacial score (nSPS) is 16.4. The van der Waals surface area contributed by atoms with Gasteiger partial charge in [-0.2, -0.15) is 10.1 Å². The lowest BCUT2D eigenvalue weighted by Gasteiger charge is -2.28. The molecule has 0 radical (unpaired) electrons. The summed E-state index contributed by atoms with van der Waals surface area (Å²) in [5, 5.41) is 11.6. The van der Waals surface area contributed by atoms with Gasteiger partial charge in [-0.3, -0.25) is 4.79 Å². The summed E-state index contributed by atoms with van der Waals surface area (Å²) in [5.74, 6) is -3.75. The average molecular weight is 515 g/mol. The van der Waals surface area contributed by atoms with Crippen molar-refractivity contribution in [3.8, 4) is 11.3 Å². The fraction of sp³-hybridized carbons (Fsp3) is 0.385. The van der Waals surface area contributed by atoms with E-state index in [1.165, 1.54) is 16.8 Å². The number of piperidine rings is 1. The van der Waals surface area contributed by atoms with Gasteiger partial charge < -0.3 is 14.7 Å². The van der Waals surface area contributed by atoms with Crippen molar-refractivity contribution in [2.45, 2.75) is 45.2 Å². The number of hydrogen-bond acceptors (Lipinski definition) is 7. The van der Waals surface area contributed by atoms with Crippen LogP contribution in [-0.4, -0.2) is 51.0 Å². The minimum atomic E-state index is -1.55. The fourth-order valence-corrected chi connectivity index (χ4v) is 3.99. The predicted octanol–water partition coefficient (Wildman–Crippen LogP) is 4.52. The largest absolute Gasteiger partial charge is 0.335 e. The number of halogens is 3. The number of nitrogens with one attached hydrogen (secondary N) is 1. The summed E-state index contributed by atoms with van der Waals surface area (Å²) >= 11 is 0. The third-order valence-corrected chi connectivity index (χ3v) is 6.22. The van der Waals surface area contributed by atoms with Gasteiger partial charge in [-0.15, -0.1) is 0 Å². The zero-order valence-corrected chi connectivity index (χ0v) is 20.9. The van der Waals surface area contributed by atoms with E-state index in [9.17, 15) is 18.0 Å². The first kappa shape index (κ1) is 26.3. The van der Waals surface area contributed by atoms with Gasteiger partial charge in [0, 0.05) is 23.6 Å². The molecule has 0 bridgehead atoms. The molecule has 196 valence electrons. The maximum absolute atomic E-state index is 13.6. The molecule has 1 atom stereocenters. The van der Waals surface area contributed by atoms with E-state index in [4.69, 9.17) is 4.52 Å². The lowest BCUT2D eigenvalue weighted by molar-refractivity contribution is 0.261. The summed E-state index contributed by atoms with van der Waals surface area (Å²) < 4.78 is 47.0. The highest BCUT2D eigenvalue weighted by molar-refractivity contribution is 5.58. The van der Waals surface area contributed by atoms with Crippen molar-refractivity contribution in [2.75, 3.05) is 25.5 Å². The van der Waals surface area contributed by atoms with E-state index >= 15 is 0 Å². The Morgan fingerprint density at radius 1 is 1.22 bits per heavy atom. The monoisotopic (exact) mass is 514 g/mol. The number of anilines is 1. The molecule has 0 saturated carbocycles. The molecule has 1 unspecified atom stereocenters. The van der Waals surface area contributed by atoms with Gasteiger partial charge in [0.25, 0.3) is 5.56 Å². The zero-order chi connectivity index (χ0) is 26.5. The first-order valence-electron chi connectivity index (χ1n) is 12.1. The predicted molar refractivity (Wildman–Crippen MR) is 134 cm³/mol. The highest BCUT2D eigenvalue weighted by Gasteiger charge is 2.19. The van der Waals surface area contributed by atoms with Crippen LogP contribution in [0.25, 0.3) is 11.3 Å². The van der Waals surface area contributed by atoms with Crippen LogP contribution in [-0.2, 0) is 6.54 Å². The van der Waals surface area contributed by atoms with Crippen molar-refractivity contribution in [3.05, 3.63) is 81.7 Å². The first-order chi connectivity index (χ1) is 17.7. The van der Waals surface area contributed by atoms with Crippen LogP contribution in [0.15, 0.2) is 57.4 Å².